The number of hydrogen-bond acceptors (Lipinski definition) is 5. The van der Waals surface area contributed by atoms with Crippen LogP contribution in [0.15, 0.2) is 84.9 Å². The van der Waals surface area contributed by atoms with Crippen molar-refractivity contribution in [2.75, 3.05) is 7.11 Å². The van der Waals surface area contributed by atoms with Gasteiger partial charge in [0.2, 0.25) is 0 Å². The van der Waals surface area contributed by atoms with Gasteiger partial charge in [-0.25, -0.2) is 9.59 Å². The molecule has 0 aliphatic rings. The Morgan fingerprint density at radius 1 is 0.789 bits per heavy atom. The first-order valence-corrected chi connectivity index (χ1v) is 14.7. The van der Waals surface area contributed by atoms with E-state index in [9.17, 15) is 9.59 Å². The summed E-state index contributed by atoms with van der Waals surface area (Å²) in [7, 11) is -1.46. The summed E-state index contributed by atoms with van der Waals surface area (Å²) in [6.45, 7) is 12.0. The largest absolute Gasteiger partial charge is 0.534 e. The first kappa shape index (κ1) is 29.0. The molecule has 7 heteroatoms. The van der Waals surface area contributed by atoms with Gasteiger partial charge in [-0.1, -0.05) is 93.6 Å². The minimum atomic E-state index is -2.76. The molecule has 0 radical (unpaired) electrons. The highest BCUT2D eigenvalue weighted by Crippen LogP contribution is 2.37. The highest BCUT2D eigenvalue weighted by atomic mass is 28.4. The van der Waals surface area contributed by atoms with Crippen molar-refractivity contribution in [1.29, 1.82) is 0 Å². The Morgan fingerprint density at radius 3 is 1.71 bits per heavy atom. The van der Waals surface area contributed by atoms with E-state index in [2.05, 4.69) is 74.6 Å². The summed E-state index contributed by atoms with van der Waals surface area (Å²) in [5.74, 6) is 0.210. The van der Waals surface area contributed by atoms with E-state index in [1.807, 2.05) is 36.4 Å². The van der Waals surface area contributed by atoms with Crippen molar-refractivity contribution < 1.29 is 23.5 Å². The van der Waals surface area contributed by atoms with E-state index < -0.39 is 32.0 Å². The highest BCUT2D eigenvalue weighted by molar-refractivity contribution is 7.00. The summed E-state index contributed by atoms with van der Waals surface area (Å²) >= 11 is 0. The lowest BCUT2D eigenvalue weighted by atomic mass is 10.1. The molecule has 3 rings (SSSR count). The number of carbonyl (C=O) groups is 2. The molecule has 0 fully saturated rings. The molecule has 0 aliphatic carbocycles. The third-order valence-electron chi connectivity index (χ3n) is 6.23. The fourth-order valence-corrected chi connectivity index (χ4v) is 8.96. The lowest BCUT2D eigenvalue weighted by Gasteiger charge is -2.43. The summed E-state index contributed by atoms with van der Waals surface area (Å²) < 4.78 is 17.3. The summed E-state index contributed by atoms with van der Waals surface area (Å²) in [6, 6.07) is 27.7. The van der Waals surface area contributed by atoms with Crippen molar-refractivity contribution in [2.24, 2.45) is 0 Å². The zero-order valence-electron chi connectivity index (χ0n) is 23.4. The minimum Gasteiger partial charge on any atom is -0.534 e. The molecule has 1 unspecified atom stereocenters. The van der Waals surface area contributed by atoms with Gasteiger partial charge in [0, 0.05) is 6.42 Å². The minimum absolute atomic E-state index is 0.165. The summed E-state index contributed by atoms with van der Waals surface area (Å²) in [5.41, 5.74) is 0.177. The number of amides is 1. The summed E-state index contributed by atoms with van der Waals surface area (Å²) in [4.78, 5) is 24.7. The maximum Gasteiger partial charge on any atom is 0.408 e. The quantitative estimate of drug-likeness (QED) is 0.317. The molecule has 38 heavy (non-hydrogen) atoms. The number of rotatable bonds is 8. The Bertz CT molecular complexity index is 1160. The Balaban J connectivity index is 1.91. The van der Waals surface area contributed by atoms with E-state index in [0.717, 1.165) is 11.3 Å². The molecule has 1 atom stereocenters. The maximum atomic E-state index is 12.4. The van der Waals surface area contributed by atoms with Gasteiger partial charge in [-0.05, 0) is 53.9 Å². The molecule has 6 nitrogen and oxygen atoms in total. The molecule has 0 spiro atoms. The normalized spacial score (nSPS) is 12.8. The third-order valence-corrected chi connectivity index (χ3v) is 11.2. The molecule has 202 valence electrons. The monoisotopic (exact) mass is 533 g/mol. The number of nitrogens with one attached hydrogen (secondary N) is 1. The summed E-state index contributed by atoms with van der Waals surface area (Å²) in [6.07, 6.45) is -0.412. The predicted molar refractivity (Wildman–Crippen MR) is 154 cm³/mol. The number of carbonyl (C=O) groups excluding carboxylic acids is 2. The number of ether oxygens (including phenoxy) is 2. The number of methoxy groups -OCH3 is 1. The molecule has 1 amide bonds. The van der Waals surface area contributed by atoms with Crippen LogP contribution in [-0.4, -0.2) is 39.1 Å². The lowest BCUT2D eigenvalue weighted by Crippen LogP contribution is -2.68. The Morgan fingerprint density at radius 2 is 1.29 bits per heavy atom. The Hall–Kier alpha value is -3.58. The lowest BCUT2D eigenvalue weighted by molar-refractivity contribution is -0.143. The third kappa shape index (κ3) is 7.04. The van der Waals surface area contributed by atoms with Crippen molar-refractivity contribution in [3.8, 4) is 5.75 Å². The van der Waals surface area contributed by atoms with Crippen LogP contribution in [0.5, 0.6) is 5.75 Å². The zero-order chi connectivity index (χ0) is 28.0. The van der Waals surface area contributed by atoms with Crippen molar-refractivity contribution in [3.05, 3.63) is 90.5 Å². The second kappa shape index (κ2) is 11.9. The number of esters is 1. The van der Waals surface area contributed by atoms with E-state index in [1.54, 1.807) is 20.8 Å². The van der Waals surface area contributed by atoms with Crippen LogP contribution in [0.3, 0.4) is 0 Å². The molecule has 3 aromatic rings. The smallest absolute Gasteiger partial charge is 0.408 e. The number of alkyl carbamates (subject to hydrolysis) is 1. The van der Waals surface area contributed by atoms with Gasteiger partial charge in [0.1, 0.15) is 17.4 Å². The standard InChI is InChI=1S/C31H39NO5Si/c1-30(2,3)36-29(34)32-27(28(33)35-7)22-23-18-20-24(21-19-23)37-38(31(4,5)6,25-14-10-8-11-15-25)26-16-12-9-13-17-26/h8-21,27H,22H2,1-7H3,(H,32,34). The van der Waals surface area contributed by atoms with Gasteiger partial charge in [-0.15, -0.1) is 0 Å². The molecule has 0 saturated carbocycles. The van der Waals surface area contributed by atoms with Crippen LogP contribution in [0.25, 0.3) is 0 Å². The van der Waals surface area contributed by atoms with Gasteiger partial charge >= 0.3 is 20.4 Å². The molecule has 0 bridgehead atoms. The SMILES string of the molecule is COC(=O)C(Cc1ccc(O[Si](c2ccccc2)(c2ccccc2)C(C)(C)C)cc1)NC(=O)OC(C)(C)C. The molecule has 0 aromatic heterocycles. The second-order valence-electron chi connectivity index (χ2n) is 11.3. The van der Waals surface area contributed by atoms with Crippen molar-refractivity contribution in [2.45, 2.75) is 64.6 Å². The van der Waals surface area contributed by atoms with Crippen LogP contribution in [-0.2, 0) is 20.7 Å². The second-order valence-corrected chi connectivity index (χ2v) is 15.6. The molecule has 0 aliphatic heterocycles. The number of hydrogen-bond donors (Lipinski definition) is 1. The van der Waals surface area contributed by atoms with Crippen molar-refractivity contribution >= 4 is 30.8 Å². The Labute approximate surface area is 227 Å². The molecule has 0 heterocycles. The van der Waals surface area contributed by atoms with Crippen LogP contribution in [0.2, 0.25) is 5.04 Å². The van der Waals surface area contributed by atoms with Crippen molar-refractivity contribution in [3.63, 3.8) is 0 Å². The van der Waals surface area contributed by atoms with Crippen LogP contribution >= 0.6 is 0 Å². The van der Waals surface area contributed by atoms with Gasteiger partial charge in [-0.3, -0.25) is 0 Å². The molecule has 3 aromatic carbocycles. The van der Waals surface area contributed by atoms with Gasteiger partial charge in [0.15, 0.2) is 0 Å². The molecule has 0 saturated heterocycles. The zero-order valence-corrected chi connectivity index (χ0v) is 24.4. The first-order valence-electron chi connectivity index (χ1n) is 12.8. The van der Waals surface area contributed by atoms with E-state index in [-0.39, 0.29) is 11.5 Å². The van der Waals surface area contributed by atoms with Crippen LogP contribution < -0.4 is 20.1 Å². The predicted octanol–water partition coefficient (Wildman–Crippen LogP) is 5.23. The fraction of sp³-hybridized carbons (Fsp3) is 0.355. The van der Waals surface area contributed by atoms with Gasteiger partial charge < -0.3 is 19.2 Å². The molecule has 1 N–H and O–H groups in total. The fourth-order valence-electron chi connectivity index (χ4n) is 4.54. The average Bonchev–Trinajstić information content (AvgIpc) is 2.86. The summed E-state index contributed by atoms with van der Waals surface area (Å²) in [5, 5.41) is 4.84. The van der Waals surface area contributed by atoms with Crippen LogP contribution in [0, 0.1) is 0 Å². The Kier molecular flexibility index (Phi) is 9.04. The molecular weight excluding hydrogens is 494 g/mol. The van der Waals surface area contributed by atoms with Gasteiger partial charge in [-0.2, -0.15) is 0 Å². The van der Waals surface area contributed by atoms with Gasteiger partial charge in [0.25, 0.3) is 0 Å². The van der Waals surface area contributed by atoms with E-state index in [1.165, 1.54) is 17.5 Å². The average molecular weight is 534 g/mol. The van der Waals surface area contributed by atoms with E-state index >= 15 is 0 Å². The van der Waals surface area contributed by atoms with Gasteiger partial charge in [0.05, 0.1) is 7.11 Å². The van der Waals surface area contributed by atoms with E-state index in [0.29, 0.717) is 0 Å². The van der Waals surface area contributed by atoms with E-state index in [4.69, 9.17) is 13.9 Å². The van der Waals surface area contributed by atoms with Crippen molar-refractivity contribution in [1.82, 2.24) is 5.32 Å². The first-order chi connectivity index (χ1) is 17.9. The van der Waals surface area contributed by atoms with Crippen LogP contribution in [0.1, 0.15) is 47.1 Å². The molecular formula is C31H39NO5Si. The topological polar surface area (TPSA) is 73.9 Å². The highest BCUT2D eigenvalue weighted by Gasteiger charge is 2.52. The maximum absolute atomic E-state index is 12.4. The number of benzene rings is 3. The van der Waals surface area contributed by atoms with Crippen LogP contribution in [0.4, 0.5) is 4.79 Å².